The maximum atomic E-state index is 12.8. The zero-order chi connectivity index (χ0) is 19.3. The summed E-state index contributed by atoms with van der Waals surface area (Å²) in [7, 11) is 0. The first-order chi connectivity index (χ1) is 13.0. The molecular formula is C21H25ClN2O4. The van der Waals surface area contributed by atoms with Crippen LogP contribution >= 0.6 is 12.4 Å². The van der Waals surface area contributed by atoms with Crippen molar-refractivity contribution >= 4 is 24.3 Å². The highest BCUT2D eigenvalue weighted by atomic mass is 35.5. The van der Waals surface area contributed by atoms with Gasteiger partial charge in [0.05, 0.1) is 6.04 Å². The number of carbonyl (C=O) groups is 2. The summed E-state index contributed by atoms with van der Waals surface area (Å²) in [6, 6.07) is 17.8. The minimum atomic E-state index is -1.96. The maximum absolute atomic E-state index is 12.8. The Labute approximate surface area is 170 Å². The molecule has 0 radical (unpaired) electrons. The number of hydrogen-bond donors (Lipinski definition) is 2. The van der Waals surface area contributed by atoms with Crippen molar-refractivity contribution in [3.63, 3.8) is 0 Å². The van der Waals surface area contributed by atoms with Crippen molar-refractivity contribution in [2.75, 3.05) is 6.54 Å². The summed E-state index contributed by atoms with van der Waals surface area (Å²) in [6.07, 6.45) is 0.996. The van der Waals surface area contributed by atoms with E-state index in [2.05, 4.69) is 0 Å². The van der Waals surface area contributed by atoms with E-state index in [-0.39, 0.29) is 32.0 Å². The van der Waals surface area contributed by atoms with Gasteiger partial charge in [0.2, 0.25) is 11.6 Å². The van der Waals surface area contributed by atoms with Gasteiger partial charge in [0.25, 0.3) is 0 Å². The number of halogens is 1. The molecule has 1 aliphatic rings. The average molecular weight is 405 g/mol. The Hall–Kier alpha value is -2.41. The number of hydrogen-bond acceptors (Lipinski definition) is 5. The third-order valence-electron chi connectivity index (χ3n) is 4.77. The zero-order valence-corrected chi connectivity index (χ0v) is 16.3. The number of carbonyl (C=O) groups excluding carboxylic acids is 2. The highest BCUT2D eigenvalue weighted by Crippen LogP contribution is 2.29. The summed E-state index contributed by atoms with van der Waals surface area (Å²) < 4.78 is 5.27. The molecule has 1 aliphatic heterocycles. The molecule has 3 N–H and O–H groups in total. The molecule has 2 atom stereocenters. The lowest BCUT2D eigenvalue weighted by atomic mass is 10.0. The van der Waals surface area contributed by atoms with Gasteiger partial charge in [-0.05, 0) is 24.0 Å². The molecule has 0 aromatic heterocycles. The average Bonchev–Trinajstić information content (AvgIpc) is 3.10. The van der Waals surface area contributed by atoms with Gasteiger partial charge in [-0.25, -0.2) is 4.79 Å². The van der Waals surface area contributed by atoms with E-state index in [0.717, 1.165) is 16.0 Å². The van der Waals surface area contributed by atoms with Crippen molar-refractivity contribution in [1.29, 1.82) is 0 Å². The van der Waals surface area contributed by atoms with Gasteiger partial charge in [-0.3, -0.25) is 4.79 Å². The van der Waals surface area contributed by atoms with Crippen molar-refractivity contribution in [2.24, 2.45) is 5.73 Å². The smallest absolute Gasteiger partial charge is 0.360 e. The zero-order valence-electron chi connectivity index (χ0n) is 15.5. The number of nitrogens with zero attached hydrogens (tertiary/aromatic N) is 1. The van der Waals surface area contributed by atoms with Gasteiger partial charge < -0.3 is 20.5 Å². The van der Waals surface area contributed by atoms with Crippen LogP contribution in [0.4, 0.5) is 0 Å². The number of amides is 1. The fraction of sp³-hybridized carbons (Fsp3) is 0.333. The predicted octanol–water partition coefficient (Wildman–Crippen LogP) is 2.03. The Kier molecular flexibility index (Phi) is 7.57. The highest BCUT2D eigenvalue weighted by Gasteiger charge is 2.50. The molecule has 0 saturated carbocycles. The van der Waals surface area contributed by atoms with E-state index >= 15 is 0 Å². The quantitative estimate of drug-likeness (QED) is 0.718. The molecule has 2 aromatic rings. The van der Waals surface area contributed by atoms with E-state index in [1.807, 2.05) is 60.7 Å². The van der Waals surface area contributed by atoms with Crippen LogP contribution in [0.15, 0.2) is 60.7 Å². The molecular weight excluding hydrogens is 380 g/mol. The van der Waals surface area contributed by atoms with Crippen LogP contribution in [0, 0.1) is 0 Å². The lowest BCUT2D eigenvalue weighted by Crippen LogP contribution is -2.58. The Morgan fingerprint density at radius 1 is 1.07 bits per heavy atom. The van der Waals surface area contributed by atoms with Crippen LogP contribution in [0.1, 0.15) is 24.0 Å². The van der Waals surface area contributed by atoms with Crippen LogP contribution in [0.3, 0.4) is 0 Å². The second-order valence-corrected chi connectivity index (χ2v) is 6.77. The number of nitrogens with two attached hydrogens (primary N) is 1. The van der Waals surface area contributed by atoms with Crippen molar-refractivity contribution < 1.29 is 19.4 Å². The molecule has 7 heteroatoms. The fourth-order valence-electron chi connectivity index (χ4n) is 3.30. The lowest BCUT2D eigenvalue weighted by molar-refractivity contribution is -0.189. The lowest BCUT2D eigenvalue weighted by Gasteiger charge is -2.33. The van der Waals surface area contributed by atoms with Crippen molar-refractivity contribution in [3.05, 3.63) is 71.8 Å². The van der Waals surface area contributed by atoms with Gasteiger partial charge in [-0.15, -0.1) is 12.4 Å². The SMILES string of the molecule is Cl.N[C@@H](Cc1ccccc1)C(=O)N1CCC[C@]1(O)C(=O)OCc1ccccc1. The second-order valence-electron chi connectivity index (χ2n) is 6.77. The van der Waals surface area contributed by atoms with Gasteiger partial charge in [-0.2, -0.15) is 0 Å². The molecule has 1 amide bonds. The van der Waals surface area contributed by atoms with Crippen molar-refractivity contribution in [1.82, 2.24) is 4.90 Å². The van der Waals surface area contributed by atoms with Crippen LogP contribution in [0.25, 0.3) is 0 Å². The molecule has 3 rings (SSSR count). The molecule has 150 valence electrons. The number of esters is 1. The van der Waals surface area contributed by atoms with Gasteiger partial charge in [-0.1, -0.05) is 60.7 Å². The van der Waals surface area contributed by atoms with Gasteiger partial charge in [0, 0.05) is 13.0 Å². The summed E-state index contributed by atoms with van der Waals surface area (Å²) in [4.78, 5) is 26.5. The Morgan fingerprint density at radius 2 is 1.64 bits per heavy atom. The first kappa shape index (κ1) is 21.9. The maximum Gasteiger partial charge on any atom is 0.360 e. The molecule has 0 spiro atoms. The van der Waals surface area contributed by atoms with Gasteiger partial charge >= 0.3 is 5.97 Å². The Morgan fingerprint density at radius 3 is 2.25 bits per heavy atom. The number of rotatable bonds is 6. The van der Waals surface area contributed by atoms with Crippen LogP contribution in [0.2, 0.25) is 0 Å². The molecule has 28 heavy (non-hydrogen) atoms. The molecule has 0 unspecified atom stereocenters. The minimum Gasteiger partial charge on any atom is -0.457 e. The van der Waals surface area contributed by atoms with E-state index < -0.39 is 23.6 Å². The van der Waals surface area contributed by atoms with Crippen LogP contribution in [0.5, 0.6) is 0 Å². The largest absolute Gasteiger partial charge is 0.457 e. The summed E-state index contributed by atoms with van der Waals surface area (Å²) in [5, 5.41) is 10.9. The van der Waals surface area contributed by atoms with E-state index in [1.165, 1.54) is 0 Å². The van der Waals surface area contributed by atoms with Crippen LogP contribution < -0.4 is 5.73 Å². The monoisotopic (exact) mass is 404 g/mol. The summed E-state index contributed by atoms with van der Waals surface area (Å²) in [6.45, 7) is 0.318. The third kappa shape index (κ3) is 4.90. The van der Waals surface area contributed by atoms with E-state index in [9.17, 15) is 14.7 Å². The van der Waals surface area contributed by atoms with Gasteiger partial charge in [0.1, 0.15) is 6.61 Å². The molecule has 1 saturated heterocycles. The highest BCUT2D eigenvalue weighted by molar-refractivity contribution is 5.90. The van der Waals surface area contributed by atoms with Crippen LogP contribution in [-0.2, 0) is 27.4 Å². The molecule has 0 bridgehead atoms. The molecule has 1 fully saturated rings. The van der Waals surface area contributed by atoms with E-state index in [1.54, 1.807) is 0 Å². The summed E-state index contributed by atoms with van der Waals surface area (Å²) in [5.41, 5.74) is 5.84. The predicted molar refractivity (Wildman–Crippen MR) is 108 cm³/mol. The number of benzene rings is 2. The number of likely N-dealkylation sites (tertiary alicyclic amines) is 1. The summed E-state index contributed by atoms with van der Waals surface area (Å²) >= 11 is 0. The van der Waals surface area contributed by atoms with Crippen molar-refractivity contribution in [3.8, 4) is 0 Å². The third-order valence-corrected chi connectivity index (χ3v) is 4.77. The topological polar surface area (TPSA) is 92.9 Å². The standard InChI is InChI=1S/C21H24N2O4.ClH/c22-18(14-16-8-3-1-4-9-16)19(24)23-13-7-12-21(23,26)20(25)27-15-17-10-5-2-6-11-17;/h1-6,8-11,18,26H,7,12-15,22H2;1H/t18-,21-;/m0./s1. The summed E-state index contributed by atoms with van der Waals surface area (Å²) in [5.74, 6) is -1.26. The van der Waals surface area contributed by atoms with Crippen LogP contribution in [-0.4, -0.2) is 40.2 Å². The van der Waals surface area contributed by atoms with E-state index in [4.69, 9.17) is 10.5 Å². The first-order valence-corrected chi connectivity index (χ1v) is 9.05. The first-order valence-electron chi connectivity index (χ1n) is 9.05. The van der Waals surface area contributed by atoms with E-state index in [0.29, 0.717) is 12.8 Å². The Bertz CT molecular complexity index is 788. The second kappa shape index (κ2) is 9.68. The molecule has 0 aliphatic carbocycles. The number of ether oxygens (including phenoxy) is 1. The molecule has 6 nitrogen and oxygen atoms in total. The Balaban J connectivity index is 0.00000280. The number of aliphatic hydroxyl groups is 1. The normalized spacial score (nSPS) is 19.6. The molecule has 1 heterocycles. The minimum absolute atomic E-state index is 0. The van der Waals surface area contributed by atoms with Gasteiger partial charge in [0.15, 0.2) is 0 Å². The van der Waals surface area contributed by atoms with Crippen molar-refractivity contribution in [2.45, 2.75) is 37.6 Å². The molecule has 2 aromatic carbocycles. The fourth-order valence-corrected chi connectivity index (χ4v) is 3.30.